The molecule has 100 valence electrons. The van der Waals surface area contributed by atoms with Crippen LogP contribution in [0.1, 0.15) is 15.9 Å². The van der Waals surface area contributed by atoms with Crippen LogP contribution in [0.4, 0.5) is 21.5 Å². The molecule has 2 rings (SSSR count). The summed E-state index contributed by atoms with van der Waals surface area (Å²) in [5.41, 5.74) is 12.4. The van der Waals surface area contributed by atoms with Gasteiger partial charge in [-0.05, 0) is 36.4 Å². The number of hydrogen-bond donors (Lipinski definition) is 3. The van der Waals surface area contributed by atoms with Gasteiger partial charge in [-0.2, -0.15) is 5.26 Å². The molecule has 0 atom stereocenters. The van der Waals surface area contributed by atoms with Crippen LogP contribution in [0.5, 0.6) is 0 Å². The maximum Gasteiger partial charge on any atom is 0.255 e. The molecule has 0 radical (unpaired) electrons. The summed E-state index contributed by atoms with van der Waals surface area (Å²) in [7, 11) is 0. The number of carbonyl (C=O) groups is 1. The van der Waals surface area contributed by atoms with Gasteiger partial charge in [0.1, 0.15) is 11.9 Å². The first-order valence-electron chi connectivity index (χ1n) is 5.66. The van der Waals surface area contributed by atoms with Crippen LogP contribution in [0.15, 0.2) is 36.4 Å². The van der Waals surface area contributed by atoms with Crippen LogP contribution in [-0.4, -0.2) is 5.91 Å². The SMILES string of the molecule is N#Cc1cc(F)ccc1NC(=O)c1cc(N)cc(N)c1. The lowest BCUT2D eigenvalue weighted by Gasteiger charge is -2.08. The van der Waals surface area contributed by atoms with Crippen LogP contribution in [0.3, 0.4) is 0 Å². The van der Waals surface area contributed by atoms with Crippen LogP contribution >= 0.6 is 0 Å². The Morgan fingerprint density at radius 3 is 2.40 bits per heavy atom. The first-order chi connectivity index (χ1) is 9.49. The molecule has 0 unspecified atom stereocenters. The van der Waals surface area contributed by atoms with Crippen molar-refractivity contribution in [1.82, 2.24) is 0 Å². The summed E-state index contributed by atoms with van der Waals surface area (Å²) in [6.07, 6.45) is 0. The fraction of sp³-hybridized carbons (Fsp3) is 0. The Kier molecular flexibility index (Phi) is 3.53. The summed E-state index contributed by atoms with van der Waals surface area (Å²) >= 11 is 0. The van der Waals surface area contributed by atoms with E-state index in [-0.39, 0.29) is 16.8 Å². The third-order valence-corrected chi connectivity index (χ3v) is 2.59. The van der Waals surface area contributed by atoms with Crippen LogP contribution in [0.2, 0.25) is 0 Å². The van der Waals surface area contributed by atoms with Gasteiger partial charge in [0.2, 0.25) is 0 Å². The quantitative estimate of drug-likeness (QED) is 0.727. The molecule has 6 heteroatoms. The fourth-order valence-electron chi connectivity index (χ4n) is 1.72. The predicted molar refractivity (Wildman–Crippen MR) is 74.3 cm³/mol. The molecule has 0 saturated carbocycles. The molecule has 0 aliphatic rings. The Bertz CT molecular complexity index is 701. The van der Waals surface area contributed by atoms with E-state index in [9.17, 15) is 9.18 Å². The smallest absolute Gasteiger partial charge is 0.255 e. The maximum atomic E-state index is 13.0. The highest BCUT2D eigenvalue weighted by Gasteiger charge is 2.11. The van der Waals surface area contributed by atoms with Gasteiger partial charge in [-0.3, -0.25) is 4.79 Å². The lowest BCUT2D eigenvalue weighted by Crippen LogP contribution is -2.13. The van der Waals surface area contributed by atoms with Crippen molar-refractivity contribution in [1.29, 1.82) is 5.26 Å². The molecule has 0 spiro atoms. The molecular weight excluding hydrogens is 259 g/mol. The van der Waals surface area contributed by atoms with E-state index in [4.69, 9.17) is 16.7 Å². The zero-order valence-electron chi connectivity index (χ0n) is 10.4. The Balaban J connectivity index is 2.30. The van der Waals surface area contributed by atoms with Crippen molar-refractivity contribution in [2.45, 2.75) is 0 Å². The van der Waals surface area contributed by atoms with Crippen LogP contribution in [-0.2, 0) is 0 Å². The van der Waals surface area contributed by atoms with E-state index >= 15 is 0 Å². The zero-order valence-corrected chi connectivity index (χ0v) is 10.4. The predicted octanol–water partition coefficient (Wildman–Crippen LogP) is 2.11. The number of nitrogens with zero attached hydrogens (tertiary/aromatic N) is 1. The van der Waals surface area contributed by atoms with Gasteiger partial charge in [0.25, 0.3) is 5.91 Å². The molecule has 5 nitrogen and oxygen atoms in total. The monoisotopic (exact) mass is 270 g/mol. The van der Waals surface area contributed by atoms with Gasteiger partial charge in [0.15, 0.2) is 0 Å². The van der Waals surface area contributed by atoms with Gasteiger partial charge in [0.05, 0.1) is 11.3 Å². The number of carbonyl (C=O) groups excluding carboxylic acids is 1. The minimum Gasteiger partial charge on any atom is -0.399 e. The summed E-state index contributed by atoms with van der Waals surface area (Å²) in [6, 6.07) is 9.78. The molecule has 20 heavy (non-hydrogen) atoms. The van der Waals surface area contributed by atoms with Crippen molar-refractivity contribution in [3.05, 3.63) is 53.3 Å². The van der Waals surface area contributed by atoms with E-state index in [1.54, 1.807) is 0 Å². The van der Waals surface area contributed by atoms with Gasteiger partial charge in [-0.1, -0.05) is 0 Å². The Morgan fingerprint density at radius 2 is 1.80 bits per heavy atom. The molecular formula is C14H11FN4O. The second-order valence-corrected chi connectivity index (χ2v) is 4.14. The molecule has 0 aromatic heterocycles. The van der Waals surface area contributed by atoms with Gasteiger partial charge < -0.3 is 16.8 Å². The number of halogens is 1. The minimum atomic E-state index is -0.548. The number of nitrogens with one attached hydrogen (secondary N) is 1. The second-order valence-electron chi connectivity index (χ2n) is 4.14. The molecule has 0 heterocycles. The van der Waals surface area contributed by atoms with Crippen LogP contribution in [0.25, 0.3) is 0 Å². The van der Waals surface area contributed by atoms with E-state index in [1.807, 2.05) is 6.07 Å². The van der Waals surface area contributed by atoms with Crippen molar-refractivity contribution in [3.8, 4) is 6.07 Å². The summed E-state index contributed by atoms with van der Waals surface area (Å²) in [5, 5.41) is 11.4. The zero-order chi connectivity index (χ0) is 14.7. The lowest BCUT2D eigenvalue weighted by molar-refractivity contribution is 0.102. The third-order valence-electron chi connectivity index (χ3n) is 2.59. The first-order valence-corrected chi connectivity index (χ1v) is 5.66. The van der Waals surface area contributed by atoms with Crippen molar-refractivity contribution in [2.75, 3.05) is 16.8 Å². The molecule has 0 aliphatic carbocycles. The van der Waals surface area contributed by atoms with Gasteiger partial charge >= 0.3 is 0 Å². The molecule has 0 fully saturated rings. The topological polar surface area (TPSA) is 105 Å². The molecule has 2 aromatic rings. The number of nitrogen functional groups attached to an aromatic ring is 2. The number of nitrogens with two attached hydrogens (primary N) is 2. The summed E-state index contributed by atoms with van der Waals surface area (Å²) in [5.74, 6) is -1.03. The Labute approximate surface area is 114 Å². The standard InChI is InChI=1S/C14H11FN4O/c15-10-1-2-13(9(3-10)7-16)19-14(20)8-4-11(17)6-12(18)5-8/h1-6H,17-18H2,(H,19,20). The Hall–Kier alpha value is -3.07. The van der Waals surface area contributed by atoms with E-state index in [0.717, 1.165) is 12.1 Å². The molecule has 0 aliphatic heterocycles. The van der Waals surface area contributed by atoms with Crippen molar-refractivity contribution in [3.63, 3.8) is 0 Å². The second kappa shape index (κ2) is 5.28. The number of nitriles is 1. The average Bonchev–Trinajstić information content (AvgIpc) is 2.39. The number of rotatable bonds is 2. The van der Waals surface area contributed by atoms with E-state index in [0.29, 0.717) is 11.4 Å². The number of hydrogen-bond acceptors (Lipinski definition) is 4. The highest BCUT2D eigenvalue weighted by atomic mass is 19.1. The number of benzene rings is 2. The van der Waals surface area contributed by atoms with E-state index < -0.39 is 11.7 Å². The number of amides is 1. The van der Waals surface area contributed by atoms with Gasteiger partial charge in [-0.15, -0.1) is 0 Å². The molecule has 0 saturated heterocycles. The summed E-state index contributed by atoms with van der Waals surface area (Å²) < 4.78 is 13.0. The van der Waals surface area contributed by atoms with Gasteiger partial charge in [0, 0.05) is 16.9 Å². The normalized spacial score (nSPS) is 9.80. The molecule has 0 bridgehead atoms. The summed E-state index contributed by atoms with van der Waals surface area (Å²) in [6.45, 7) is 0. The van der Waals surface area contributed by atoms with Crippen molar-refractivity contribution < 1.29 is 9.18 Å². The van der Waals surface area contributed by atoms with Crippen molar-refractivity contribution in [2.24, 2.45) is 0 Å². The first kappa shape index (κ1) is 13.4. The Morgan fingerprint density at radius 1 is 1.15 bits per heavy atom. The molecule has 5 N–H and O–H groups in total. The highest BCUT2D eigenvalue weighted by Crippen LogP contribution is 2.19. The van der Waals surface area contributed by atoms with E-state index in [2.05, 4.69) is 5.32 Å². The largest absolute Gasteiger partial charge is 0.399 e. The maximum absolute atomic E-state index is 13.0. The van der Waals surface area contributed by atoms with Crippen LogP contribution in [0, 0.1) is 17.1 Å². The van der Waals surface area contributed by atoms with Crippen molar-refractivity contribution >= 4 is 23.0 Å². The molecule has 2 aromatic carbocycles. The average molecular weight is 270 g/mol. The lowest BCUT2D eigenvalue weighted by atomic mass is 10.1. The molecule has 1 amide bonds. The minimum absolute atomic E-state index is 0.0372. The van der Waals surface area contributed by atoms with Gasteiger partial charge in [-0.25, -0.2) is 4.39 Å². The number of anilines is 3. The highest BCUT2D eigenvalue weighted by molar-refractivity contribution is 6.06. The third kappa shape index (κ3) is 2.84. The van der Waals surface area contributed by atoms with E-state index in [1.165, 1.54) is 24.3 Å². The van der Waals surface area contributed by atoms with Crippen LogP contribution < -0.4 is 16.8 Å². The summed E-state index contributed by atoms with van der Waals surface area (Å²) in [4.78, 5) is 12.0. The fourth-order valence-corrected chi connectivity index (χ4v) is 1.72.